The Labute approximate surface area is 343 Å². The highest BCUT2D eigenvalue weighted by Crippen LogP contribution is 2.55. The zero-order valence-corrected chi connectivity index (χ0v) is 32.5. The summed E-state index contributed by atoms with van der Waals surface area (Å²) >= 11 is 0. The number of nitrogens with zero attached hydrogens (tertiary/aromatic N) is 6. The Bertz CT molecular complexity index is 2960. The first-order chi connectivity index (χ1) is 29.2. The molecule has 6 nitrogen and oxygen atoms in total. The van der Waals surface area contributed by atoms with Crippen molar-refractivity contribution in [1.29, 1.82) is 0 Å². The minimum atomic E-state index is 0.334. The normalized spacial score (nSPS) is 17.1. The zero-order chi connectivity index (χ0) is 39.2. The lowest BCUT2D eigenvalue weighted by molar-refractivity contribution is 0.419. The molecule has 2 aromatic heterocycles. The molecule has 2 heterocycles. The van der Waals surface area contributed by atoms with Crippen molar-refractivity contribution in [3.05, 3.63) is 181 Å². The van der Waals surface area contributed by atoms with E-state index in [1.165, 1.54) is 37.7 Å². The molecular weight excluding hydrogens is 721 g/mol. The largest absolute Gasteiger partial charge is 0.208 e. The number of hydrogen-bond donors (Lipinski definition) is 0. The summed E-state index contributed by atoms with van der Waals surface area (Å²) in [6, 6.07) is 60.7. The van der Waals surface area contributed by atoms with E-state index in [-0.39, 0.29) is 0 Å². The third kappa shape index (κ3) is 6.57. The fourth-order valence-corrected chi connectivity index (χ4v) is 9.43. The molecule has 0 spiro atoms. The van der Waals surface area contributed by atoms with Crippen molar-refractivity contribution >= 4 is 10.8 Å². The highest BCUT2D eigenvalue weighted by Gasteiger charge is 2.45. The summed E-state index contributed by atoms with van der Waals surface area (Å²) in [7, 11) is 0. The van der Waals surface area contributed by atoms with E-state index in [4.69, 9.17) is 29.9 Å². The zero-order valence-electron chi connectivity index (χ0n) is 32.5. The molecule has 0 saturated heterocycles. The Morgan fingerprint density at radius 2 is 0.814 bits per heavy atom. The lowest BCUT2D eigenvalue weighted by Crippen LogP contribution is -2.19. The highest BCUT2D eigenvalue weighted by atomic mass is 15.0. The summed E-state index contributed by atoms with van der Waals surface area (Å²) in [5.74, 6) is 4.53. The Morgan fingerprint density at radius 3 is 1.39 bits per heavy atom. The third-order valence-corrected chi connectivity index (χ3v) is 12.4. The topological polar surface area (TPSA) is 77.3 Å². The van der Waals surface area contributed by atoms with Crippen LogP contribution in [0.1, 0.15) is 37.7 Å². The maximum atomic E-state index is 5.26. The summed E-state index contributed by atoms with van der Waals surface area (Å²) in [6.07, 6.45) is 6.62. The smallest absolute Gasteiger partial charge is 0.164 e. The molecule has 2 aliphatic carbocycles. The highest BCUT2D eigenvalue weighted by molar-refractivity contribution is 5.98. The summed E-state index contributed by atoms with van der Waals surface area (Å²) in [4.78, 5) is 31.1. The van der Waals surface area contributed by atoms with E-state index in [2.05, 4.69) is 115 Å². The lowest BCUT2D eigenvalue weighted by Gasteiger charge is -2.27. The van der Waals surface area contributed by atoms with Gasteiger partial charge in [-0.3, -0.25) is 0 Å². The van der Waals surface area contributed by atoms with Crippen LogP contribution < -0.4 is 0 Å². The van der Waals surface area contributed by atoms with Gasteiger partial charge < -0.3 is 0 Å². The molecule has 59 heavy (non-hydrogen) atoms. The molecule has 6 heteroatoms. The second-order valence-corrected chi connectivity index (χ2v) is 16.0. The van der Waals surface area contributed by atoms with E-state index in [9.17, 15) is 0 Å². The minimum Gasteiger partial charge on any atom is -0.208 e. The molecule has 2 aliphatic rings. The van der Waals surface area contributed by atoms with Gasteiger partial charge in [0.15, 0.2) is 34.9 Å². The van der Waals surface area contributed by atoms with Crippen molar-refractivity contribution in [3.8, 4) is 79.5 Å². The molecule has 0 radical (unpaired) electrons. The molecule has 0 aliphatic heterocycles. The van der Waals surface area contributed by atoms with Crippen LogP contribution in [-0.4, -0.2) is 29.9 Å². The van der Waals surface area contributed by atoms with Gasteiger partial charge in [-0.1, -0.05) is 164 Å². The van der Waals surface area contributed by atoms with Crippen molar-refractivity contribution in [2.45, 2.75) is 37.5 Å². The fraction of sp³-hybridized carbons (Fsp3) is 0.132. The molecule has 2 bridgehead atoms. The average molecular weight is 761 g/mol. The molecule has 2 fully saturated rings. The van der Waals surface area contributed by atoms with Crippen LogP contribution in [0.5, 0.6) is 0 Å². The summed E-state index contributed by atoms with van der Waals surface area (Å²) in [6.45, 7) is 0. The number of rotatable bonds is 8. The number of fused-ring (bicyclic) bond motifs is 3. The lowest BCUT2D eigenvalue weighted by atomic mass is 9.77. The number of hydrogen-bond acceptors (Lipinski definition) is 6. The predicted octanol–water partition coefficient (Wildman–Crippen LogP) is 12.7. The van der Waals surface area contributed by atoms with Gasteiger partial charge in [-0.2, -0.15) is 0 Å². The summed E-state index contributed by atoms with van der Waals surface area (Å²) in [5.41, 5.74) is 9.42. The molecule has 0 unspecified atom stereocenters. The Morgan fingerprint density at radius 1 is 0.356 bits per heavy atom. The van der Waals surface area contributed by atoms with Gasteiger partial charge in [-0.25, -0.2) is 29.9 Å². The number of aromatic nitrogens is 6. The van der Waals surface area contributed by atoms with E-state index >= 15 is 0 Å². The molecule has 11 rings (SSSR count). The van der Waals surface area contributed by atoms with E-state index in [0.29, 0.717) is 40.4 Å². The third-order valence-electron chi connectivity index (χ3n) is 12.4. The van der Waals surface area contributed by atoms with Crippen molar-refractivity contribution < 1.29 is 0 Å². The van der Waals surface area contributed by atoms with Crippen LogP contribution in [0, 0.1) is 5.92 Å². The van der Waals surface area contributed by atoms with Gasteiger partial charge in [0.1, 0.15) is 0 Å². The molecular formula is C53H40N6. The van der Waals surface area contributed by atoms with Gasteiger partial charge in [-0.05, 0) is 83.0 Å². The van der Waals surface area contributed by atoms with Crippen LogP contribution >= 0.6 is 0 Å². The maximum absolute atomic E-state index is 5.26. The van der Waals surface area contributed by atoms with Crippen molar-refractivity contribution in [3.63, 3.8) is 0 Å². The first-order valence-electron chi connectivity index (χ1n) is 20.6. The molecule has 9 aromatic rings. The molecule has 282 valence electrons. The quantitative estimate of drug-likeness (QED) is 0.153. The molecule has 0 amide bonds. The monoisotopic (exact) mass is 760 g/mol. The van der Waals surface area contributed by atoms with Gasteiger partial charge >= 0.3 is 0 Å². The van der Waals surface area contributed by atoms with Crippen LogP contribution in [-0.2, 0) is 5.41 Å². The van der Waals surface area contributed by atoms with Gasteiger partial charge in [0.25, 0.3) is 0 Å². The Balaban J connectivity index is 1.09. The minimum absolute atomic E-state index is 0.334. The average Bonchev–Trinajstić information content (AvgIpc) is 3.95. The van der Waals surface area contributed by atoms with Crippen LogP contribution in [0.15, 0.2) is 176 Å². The van der Waals surface area contributed by atoms with E-state index in [1.807, 2.05) is 60.7 Å². The van der Waals surface area contributed by atoms with E-state index < -0.39 is 0 Å². The van der Waals surface area contributed by atoms with Crippen molar-refractivity contribution in [2.75, 3.05) is 0 Å². The standard InChI is InChI=1S/C53H40N6/c1-4-14-36(15-5-1)43-21-12-13-23-45(43)51-56-48(38-18-8-3-9-19-38)55-50(59-51)41-32-40-20-10-11-22-44(40)46(33-41)52-57-47(37-16-6-2-7-17-37)54-49(58-52)39-24-26-42(27-25-39)53-30-28-35(34-53)29-31-53/h1-27,32-33,35H,28-31,34H2. The Kier molecular flexibility index (Phi) is 8.69. The van der Waals surface area contributed by atoms with Crippen molar-refractivity contribution in [1.82, 2.24) is 29.9 Å². The van der Waals surface area contributed by atoms with Crippen LogP contribution in [0.3, 0.4) is 0 Å². The van der Waals surface area contributed by atoms with Crippen LogP contribution in [0.4, 0.5) is 0 Å². The fourth-order valence-electron chi connectivity index (χ4n) is 9.43. The molecule has 0 N–H and O–H groups in total. The second kappa shape index (κ2) is 14.6. The van der Waals surface area contributed by atoms with Gasteiger partial charge in [0, 0.05) is 33.4 Å². The first kappa shape index (κ1) is 35.0. The maximum Gasteiger partial charge on any atom is 0.164 e. The first-order valence-corrected chi connectivity index (χ1v) is 20.6. The van der Waals surface area contributed by atoms with E-state index in [1.54, 1.807) is 0 Å². The number of benzene rings is 7. The summed E-state index contributed by atoms with van der Waals surface area (Å²) in [5, 5.41) is 2.07. The van der Waals surface area contributed by atoms with Crippen LogP contribution in [0.2, 0.25) is 0 Å². The molecule has 0 atom stereocenters. The predicted molar refractivity (Wildman–Crippen MR) is 237 cm³/mol. The van der Waals surface area contributed by atoms with E-state index in [0.717, 1.165) is 61.2 Å². The van der Waals surface area contributed by atoms with Gasteiger partial charge in [0.05, 0.1) is 0 Å². The molecule has 2 saturated carbocycles. The Hall–Kier alpha value is -7.18. The summed E-state index contributed by atoms with van der Waals surface area (Å²) < 4.78 is 0. The SMILES string of the molecule is c1ccc(-c2nc(-c3cc(-c4nc(-c5ccccc5)nc(-c5ccc(C67CCC(CC6)C7)cc5)n4)c4ccccc4c3)nc(-c3ccccc3-c3ccccc3)n2)cc1. The second-order valence-electron chi connectivity index (χ2n) is 16.0. The molecule has 7 aromatic carbocycles. The van der Waals surface area contributed by atoms with Crippen molar-refractivity contribution in [2.24, 2.45) is 5.92 Å². The van der Waals surface area contributed by atoms with Gasteiger partial charge in [-0.15, -0.1) is 0 Å². The van der Waals surface area contributed by atoms with Crippen LogP contribution in [0.25, 0.3) is 90.2 Å². The van der Waals surface area contributed by atoms with Gasteiger partial charge in [0.2, 0.25) is 0 Å².